The average molecular weight is 590 g/mol. The van der Waals surface area contributed by atoms with Crippen molar-refractivity contribution in [1.82, 2.24) is 5.32 Å². The molecular formula is C29H33F6NO5. The van der Waals surface area contributed by atoms with Crippen molar-refractivity contribution in [2.24, 2.45) is 0 Å². The number of benzene rings is 2. The molecule has 0 saturated heterocycles. The van der Waals surface area contributed by atoms with Gasteiger partial charge in [-0.3, -0.25) is 9.59 Å². The van der Waals surface area contributed by atoms with Gasteiger partial charge in [0.1, 0.15) is 11.8 Å². The number of halogens is 6. The van der Waals surface area contributed by atoms with E-state index in [9.17, 15) is 41.0 Å². The van der Waals surface area contributed by atoms with Crippen molar-refractivity contribution in [1.29, 1.82) is 0 Å². The van der Waals surface area contributed by atoms with Gasteiger partial charge in [-0.1, -0.05) is 50.3 Å². The van der Waals surface area contributed by atoms with Gasteiger partial charge in [0.05, 0.1) is 0 Å². The molecule has 0 fully saturated rings. The van der Waals surface area contributed by atoms with E-state index in [0.29, 0.717) is 35.8 Å². The first-order valence-corrected chi connectivity index (χ1v) is 12.7. The number of carbonyl (C=O) groups is 2. The lowest BCUT2D eigenvalue weighted by molar-refractivity contribution is -0.347. The van der Waals surface area contributed by atoms with Crippen LogP contribution in [-0.4, -0.2) is 52.7 Å². The minimum absolute atomic E-state index is 0.0807. The fourth-order valence-corrected chi connectivity index (χ4v) is 4.55. The summed E-state index contributed by atoms with van der Waals surface area (Å²) < 4.78 is 83.9. The molecule has 0 aliphatic carbocycles. The van der Waals surface area contributed by atoms with E-state index < -0.39 is 47.9 Å². The Morgan fingerprint density at radius 2 is 1.44 bits per heavy atom. The van der Waals surface area contributed by atoms with E-state index in [1.807, 2.05) is 26.0 Å². The molecule has 12 heteroatoms. The van der Waals surface area contributed by atoms with Crippen LogP contribution in [0.15, 0.2) is 42.5 Å². The van der Waals surface area contributed by atoms with Crippen molar-refractivity contribution in [3.05, 3.63) is 70.3 Å². The second kappa shape index (κ2) is 12.5. The molecule has 0 spiro atoms. The Hall–Kier alpha value is -3.54. The van der Waals surface area contributed by atoms with E-state index in [2.05, 4.69) is 5.32 Å². The zero-order valence-corrected chi connectivity index (χ0v) is 23.2. The Kier molecular flexibility index (Phi) is 10.3. The van der Waals surface area contributed by atoms with Gasteiger partial charge in [-0.2, -0.15) is 26.3 Å². The molecule has 3 N–H and O–H groups in total. The summed E-state index contributed by atoms with van der Waals surface area (Å²) in [6, 6.07) is 9.02. The molecule has 6 nitrogen and oxygen atoms in total. The highest BCUT2D eigenvalue weighted by Crippen LogP contribution is 2.45. The minimum Gasteiger partial charge on any atom is -0.484 e. The summed E-state index contributed by atoms with van der Waals surface area (Å²) in [5.74, 6) is -1.38. The molecule has 0 aliphatic heterocycles. The lowest BCUT2D eigenvalue weighted by Gasteiger charge is -2.34. The molecular weight excluding hydrogens is 556 g/mol. The molecule has 0 heterocycles. The van der Waals surface area contributed by atoms with E-state index in [0.717, 1.165) is 11.1 Å². The number of amides is 1. The van der Waals surface area contributed by atoms with E-state index >= 15 is 0 Å². The summed E-state index contributed by atoms with van der Waals surface area (Å²) in [5, 5.41) is 20.6. The maximum atomic E-state index is 13.1. The number of carbonyl (C=O) groups excluding carboxylic acids is 1. The van der Waals surface area contributed by atoms with Gasteiger partial charge in [-0.05, 0) is 73.6 Å². The van der Waals surface area contributed by atoms with Gasteiger partial charge in [0.15, 0.2) is 6.61 Å². The minimum atomic E-state index is -5.95. The molecule has 0 aromatic heterocycles. The van der Waals surface area contributed by atoms with Gasteiger partial charge in [0, 0.05) is 5.41 Å². The van der Waals surface area contributed by atoms with Crippen LogP contribution in [0.4, 0.5) is 26.3 Å². The maximum Gasteiger partial charge on any atom is 0.430 e. The van der Waals surface area contributed by atoms with E-state index in [-0.39, 0.29) is 11.6 Å². The first kappa shape index (κ1) is 33.7. The van der Waals surface area contributed by atoms with Crippen LogP contribution >= 0.6 is 0 Å². The van der Waals surface area contributed by atoms with Crippen LogP contribution in [0.3, 0.4) is 0 Å². The van der Waals surface area contributed by atoms with E-state index in [1.54, 1.807) is 32.0 Å². The topological polar surface area (TPSA) is 95.9 Å². The SMILES string of the molecule is CCC(CC)(c1ccc(/C=C/C(O)(C(F)(F)F)C(F)(F)F)c(C)c1)c1ccc(OCC(=O)N[C@H](C)C(=O)O)c(C)c1. The smallest absolute Gasteiger partial charge is 0.430 e. The molecule has 1 atom stereocenters. The highest BCUT2D eigenvalue weighted by Gasteiger charge is 2.68. The zero-order chi connectivity index (χ0) is 31.4. The number of carboxylic acids is 1. The third kappa shape index (κ3) is 7.22. The van der Waals surface area contributed by atoms with Crippen molar-refractivity contribution in [2.75, 3.05) is 6.61 Å². The molecule has 2 rings (SSSR count). The predicted molar refractivity (Wildman–Crippen MR) is 141 cm³/mol. The lowest BCUT2D eigenvalue weighted by atomic mass is 9.70. The number of alkyl halides is 6. The number of hydrogen-bond acceptors (Lipinski definition) is 4. The average Bonchev–Trinajstić information content (AvgIpc) is 2.87. The number of rotatable bonds is 11. The fraction of sp³-hybridized carbons (Fsp3) is 0.448. The van der Waals surface area contributed by atoms with Crippen LogP contribution < -0.4 is 10.1 Å². The van der Waals surface area contributed by atoms with Gasteiger partial charge in [0.25, 0.3) is 11.5 Å². The highest BCUT2D eigenvalue weighted by molar-refractivity contribution is 5.84. The van der Waals surface area contributed by atoms with Gasteiger partial charge in [-0.15, -0.1) is 0 Å². The number of hydrogen-bond donors (Lipinski definition) is 3. The Bertz CT molecular complexity index is 1270. The van der Waals surface area contributed by atoms with Crippen molar-refractivity contribution < 1.29 is 50.9 Å². The quantitative estimate of drug-likeness (QED) is 0.270. The van der Waals surface area contributed by atoms with E-state index in [4.69, 9.17) is 9.84 Å². The summed E-state index contributed by atoms with van der Waals surface area (Å²) >= 11 is 0. The Morgan fingerprint density at radius 1 is 0.927 bits per heavy atom. The number of aryl methyl sites for hydroxylation is 2. The maximum absolute atomic E-state index is 13.1. The third-order valence-electron chi connectivity index (χ3n) is 7.23. The van der Waals surface area contributed by atoms with Crippen LogP contribution in [0.25, 0.3) is 6.08 Å². The summed E-state index contributed by atoms with van der Waals surface area (Å²) in [4.78, 5) is 22.9. The monoisotopic (exact) mass is 589 g/mol. The van der Waals surface area contributed by atoms with Crippen molar-refractivity contribution >= 4 is 18.0 Å². The van der Waals surface area contributed by atoms with Crippen LogP contribution in [-0.2, 0) is 15.0 Å². The number of ether oxygens (including phenoxy) is 1. The van der Waals surface area contributed by atoms with Crippen molar-refractivity contribution in [3.63, 3.8) is 0 Å². The molecule has 0 aliphatic rings. The van der Waals surface area contributed by atoms with Crippen molar-refractivity contribution in [3.8, 4) is 5.75 Å². The van der Waals surface area contributed by atoms with Crippen LogP contribution in [0.5, 0.6) is 5.75 Å². The Morgan fingerprint density at radius 3 is 1.88 bits per heavy atom. The molecule has 1 amide bonds. The van der Waals surface area contributed by atoms with Gasteiger partial charge >= 0.3 is 18.3 Å². The van der Waals surface area contributed by atoms with Gasteiger partial charge in [0.2, 0.25) is 0 Å². The summed E-state index contributed by atoms with van der Waals surface area (Å²) in [7, 11) is 0. The van der Waals surface area contributed by atoms with Gasteiger partial charge in [-0.25, -0.2) is 0 Å². The summed E-state index contributed by atoms with van der Waals surface area (Å²) in [5.41, 5.74) is -2.70. The molecule has 0 bridgehead atoms. The summed E-state index contributed by atoms with van der Waals surface area (Å²) in [6.45, 7) is 8.16. The zero-order valence-electron chi connectivity index (χ0n) is 23.2. The number of nitrogens with one attached hydrogen (secondary N) is 1. The number of carboxylic acid groups (broad SMARTS) is 1. The number of aliphatic carboxylic acids is 1. The van der Waals surface area contributed by atoms with Crippen LogP contribution in [0, 0.1) is 13.8 Å². The van der Waals surface area contributed by atoms with Crippen LogP contribution in [0.2, 0.25) is 0 Å². The second-order valence-corrected chi connectivity index (χ2v) is 9.85. The van der Waals surface area contributed by atoms with Crippen LogP contribution in [0.1, 0.15) is 61.4 Å². The lowest BCUT2D eigenvalue weighted by Crippen LogP contribution is -2.55. The standard InChI is InChI=1S/C29H33F6NO5/c1-6-26(7-2,22-10-11-23(18(4)15-22)41-16-24(37)36-19(5)25(38)39)21-9-8-20(17(3)14-21)12-13-27(40,28(30,31)32)29(33,34)35/h8-15,19,40H,6-7,16H2,1-5H3,(H,36,37)(H,38,39)/b13-12+/t19-/m1/s1. The molecule has 41 heavy (non-hydrogen) atoms. The molecule has 0 unspecified atom stereocenters. The largest absolute Gasteiger partial charge is 0.484 e. The highest BCUT2D eigenvalue weighted by atomic mass is 19.4. The first-order valence-electron chi connectivity index (χ1n) is 12.7. The molecule has 2 aromatic rings. The molecule has 0 radical (unpaired) electrons. The third-order valence-corrected chi connectivity index (χ3v) is 7.23. The van der Waals surface area contributed by atoms with E-state index in [1.165, 1.54) is 13.0 Å². The Balaban J connectivity index is 2.38. The first-order chi connectivity index (χ1) is 18.8. The predicted octanol–water partition coefficient (Wildman–Crippen LogP) is 6.25. The van der Waals surface area contributed by atoms with Crippen molar-refractivity contribution in [2.45, 2.75) is 76.9 Å². The molecule has 226 valence electrons. The second-order valence-electron chi connectivity index (χ2n) is 9.85. The summed E-state index contributed by atoms with van der Waals surface area (Å²) in [6.07, 6.45) is -10.4. The number of aliphatic hydroxyl groups is 1. The molecule has 0 saturated carbocycles. The Labute approximate surface area is 234 Å². The molecule has 2 aromatic carbocycles. The van der Waals surface area contributed by atoms with Gasteiger partial charge < -0.3 is 20.3 Å². The normalized spacial score (nSPS) is 13.8. The fourth-order valence-electron chi connectivity index (χ4n) is 4.55.